The lowest BCUT2D eigenvalue weighted by Gasteiger charge is -2.46. The zero-order chi connectivity index (χ0) is 63.1. The molecule has 0 aromatic heterocycles. The molecule has 0 aliphatic carbocycles. The molecule has 2 aliphatic rings. The van der Waals surface area contributed by atoms with Crippen molar-refractivity contribution in [3.8, 4) is 0 Å². The standard InChI is InChI=1S/C73H141NO13/c1-3-5-7-9-11-13-15-17-18-19-20-21-22-23-24-25-26-27-28-29-30-31-32-33-34-35-36-37-38-39-40-41-42-43-44-45-47-49-51-53-55-57-65(78)74-61(62(77)56-54-52-50-48-46-16-14-12-10-8-6-4-2)60-84-72-70(83)68(81)71(64(59-76)86-72)87-73-69(82)67(80)66(79)63(58-75)85-73/h19-20,61-64,66-73,75-77,79-83H,3-18,21-60H2,1-2H3,(H,74,78)/b20-19-. The molecule has 14 nitrogen and oxygen atoms in total. The lowest BCUT2D eigenvalue weighted by atomic mass is 9.97. The van der Waals surface area contributed by atoms with Crippen molar-refractivity contribution in [2.75, 3.05) is 19.8 Å². The molecule has 0 spiro atoms. The van der Waals surface area contributed by atoms with Crippen molar-refractivity contribution in [3.05, 3.63) is 12.2 Å². The molecule has 9 N–H and O–H groups in total. The molecule has 12 atom stereocenters. The summed E-state index contributed by atoms with van der Waals surface area (Å²) < 4.78 is 22.9. The largest absolute Gasteiger partial charge is 0.394 e. The van der Waals surface area contributed by atoms with Crippen LogP contribution < -0.4 is 5.32 Å². The number of aliphatic hydroxyl groups excluding tert-OH is 8. The summed E-state index contributed by atoms with van der Waals surface area (Å²) in [6.07, 6.45) is 55.7. The van der Waals surface area contributed by atoms with Crippen LogP contribution in [0.4, 0.5) is 0 Å². The van der Waals surface area contributed by atoms with Crippen LogP contribution in [0.25, 0.3) is 0 Å². The van der Waals surface area contributed by atoms with Gasteiger partial charge in [-0.15, -0.1) is 0 Å². The van der Waals surface area contributed by atoms with Crippen molar-refractivity contribution in [1.29, 1.82) is 0 Å². The van der Waals surface area contributed by atoms with Gasteiger partial charge in [0.25, 0.3) is 0 Å². The summed E-state index contributed by atoms with van der Waals surface area (Å²) >= 11 is 0. The highest BCUT2D eigenvalue weighted by Gasteiger charge is 2.51. The highest BCUT2D eigenvalue weighted by Crippen LogP contribution is 2.30. The van der Waals surface area contributed by atoms with E-state index in [-0.39, 0.29) is 12.5 Å². The zero-order valence-electron chi connectivity index (χ0n) is 56.3. The van der Waals surface area contributed by atoms with Gasteiger partial charge >= 0.3 is 0 Å². The van der Waals surface area contributed by atoms with E-state index in [1.807, 2.05) is 0 Å². The Labute approximate surface area is 533 Å². The molecule has 0 radical (unpaired) electrons. The number of carbonyl (C=O) groups is 1. The quantitative estimate of drug-likeness (QED) is 0.0204. The molecule has 2 rings (SSSR count). The van der Waals surface area contributed by atoms with Gasteiger partial charge in [-0.2, -0.15) is 0 Å². The smallest absolute Gasteiger partial charge is 0.220 e. The van der Waals surface area contributed by atoms with Gasteiger partial charge in [-0.25, -0.2) is 0 Å². The van der Waals surface area contributed by atoms with Crippen molar-refractivity contribution in [2.24, 2.45) is 0 Å². The van der Waals surface area contributed by atoms with E-state index >= 15 is 0 Å². The highest BCUT2D eigenvalue weighted by molar-refractivity contribution is 5.76. The Hall–Kier alpha value is -1.27. The molecule has 87 heavy (non-hydrogen) atoms. The van der Waals surface area contributed by atoms with Crippen LogP contribution in [0.3, 0.4) is 0 Å². The van der Waals surface area contributed by atoms with E-state index in [0.29, 0.717) is 12.8 Å². The Balaban J connectivity index is 1.50. The fourth-order valence-corrected chi connectivity index (χ4v) is 12.8. The number of aliphatic hydroxyl groups is 8. The molecular weight excluding hydrogens is 1100 g/mol. The van der Waals surface area contributed by atoms with Gasteiger partial charge in [0.15, 0.2) is 12.6 Å². The molecule has 0 aromatic carbocycles. The van der Waals surface area contributed by atoms with E-state index in [0.717, 1.165) is 51.4 Å². The van der Waals surface area contributed by atoms with E-state index in [1.54, 1.807) is 0 Å². The van der Waals surface area contributed by atoms with Crippen LogP contribution in [0.15, 0.2) is 12.2 Å². The van der Waals surface area contributed by atoms with Gasteiger partial charge in [0.1, 0.15) is 48.8 Å². The molecule has 1 amide bonds. The minimum Gasteiger partial charge on any atom is -0.394 e. The second-order valence-corrected chi connectivity index (χ2v) is 26.8. The monoisotopic (exact) mass is 1240 g/mol. The van der Waals surface area contributed by atoms with Gasteiger partial charge in [-0.3, -0.25) is 4.79 Å². The molecule has 0 bridgehead atoms. The maximum Gasteiger partial charge on any atom is 0.220 e. The maximum absolute atomic E-state index is 13.3. The first kappa shape index (κ1) is 81.8. The van der Waals surface area contributed by atoms with Gasteiger partial charge in [-0.05, 0) is 38.5 Å². The van der Waals surface area contributed by atoms with Crippen molar-refractivity contribution >= 4 is 5.91 Å². The third kappa shape index (κ3) is 42.6. The normalized spacial score (nSPS) is 23.2. The van der Waals surface area contributed by atoms with Crippen molar-refractivity contribution in [3.63, 3.8) is 0 Å². The van der Waals surface area contributed by atoms with Crippen LogP contribution >= 0.6 is 0 Å². The summed E-state index contributed by atoms with van der Waals surface area (Å²) in [5, 5.41) is 87.4. The topological polar surface area (TPSA) is 228 Å². The number of hydrogen-bond acceptors (Lipinski definition) is 13. The molecule has 12 unspecified atom stereocenters. The molecule has 516 valence electrons. The fraction of sp³-hybridized carbons (Fsp3) is 0.959. The van der Waals surface area contributed by atoms with Crippen LogP contribution in [0, 0.1) is 0 Å². The third-order valence-electron chi connectivity index (χ3n) is 18.7. The van der Waals surface area contributed by atoms with E-state index < -0.39 is 86.8 Å². The van der Waals surface area contributed by atoms with Crippen molar-refractivity contribution in [1.82, 2.24) is 5.32 Å². The minimum absolute atomic E-state index is 0.200. The number of rotatable bonds is 63. The summed E-state index contributed by atoms with van der Waals surface area (Å²) in [7, 11) is 0. The first-order chi connectivity index (χ1) is 42.6. The first-order valence-electron chi connectivity index (χ1n) is 37.4. The minimum atomic E-state index is -1.78. The second-order valence-electron chi connectivity index (χ2n) is 26.8. The first-order valence-corrected chi connectivity index (χ1v) is 37.4. The highest BCUT2D eigenvalue weighted by atomic mass is 16.7. The van der Waals surface area contributed by atoms with Gasteiger partial charge in [0.2, 0.25) is 5.91 Å². The summed E-state index contributed by atoms with van der Waals surface area (Å²) in [5.74, 6) is -0.200. The molecule has 0 aromatic rings. The van der Waals surface area contributed by atoms with Crippen LogP contribution in [0.5, 0.6) is 0 Å². The van der Waals surface area contributed by atoms with Crippen molar-refractivity contribution < 1.29 is 64.6 Å². The molecule has 2 heterocycles. The maximum atomic E-state index is 13.3. The Morgan fingerprint density at radius 2 is 0.724 bits per heavy atom. The third-order valence-corrected chi connectivity index (χ3v) is 18.7. The Morgan fingerprint density at radius 3 is 1.09 bits per heavy atom. The summed E-state index contributed by atoms with van der Waals surface area (Å²) in [6.45, 7) is 2.89. The van der Waals surface area contributed by atoms with Gasteiger partial charge in [0.05, 0.1) is 32.0 Å². The zero-order valence-corrected chi connectivity index (χ0v) is 56.3. The molecule has 2 fully saturated rings. The number of carbonyl (C=O) groups excluding carboxylic acids is 1. The molecule has 2 saturated heterocycles. The predicted molar refractivity (Wildman–Crippen MR) is 355 cm³/mol. The SMILES string of the molecule is CCCCCCCCCC/C=C\CCCCCCCCCCCCCCCCCCCCCCCCCCCCCCCC(=O)NC(COC1OC(CO)C(OC2OC(CO)C(O)C(O)C2O)C(O)C1O)C(O)CCCCCCCCCCCCCC. The summed E-state index contributed by atoms with van der Waals surface area (Å²) in [5.41, 5.74) is 0. The number of hydrogen-bond donors (Lipinski definition) is 9. The van der Waals surface area contributed by atoms with E-state index in [9.17, 15) is 45.6 Å². The molecule has 2 aliphatic heterocycles. The average molecular weight is 1240 g/mol. The molecular formula is C73H141NO13. The Kier molecular flexibility index (Phi) is 55.1. The van der Waals surface area contributed by atoms with Gasteiger partial charge < -0.3 is 65.1 Å². The number of ether oxygens (including phenoxy) is 4. The molecule has 14 heteroatoms. The molecule has 0 saturated carbocycles. The summed E-state index contributed by atoms with van der Waals surface area (Å²) in [4.78, 5) is 13.3. The second kappa shape index (κ2) is 58.5. The summed E-state index contributed by atoms with van der Waals surface area (Å²) in [6, 6.07) is -0.824. The lowest BCUT2D eigenvalue weighted by molar-refractivity contribution is -0.359. The van der Waals surface area contributed by atoms with Crippen LogP contribution in [-0.2, 0) is 23.7 Å². The van der Waals surface area contributed by atoms with E-state index in [4.69, 9.17) is 18.9 Å². The lowest BCUT2D eigenvalue weighted by Crippen LogP contribution is -2.65. The van der Waals surface area contributed by atoms with E-state index in [1.165, 1.54) is 276 Å². The number of nitrogens with one attached hydrogen (secondary N) is 1. The van der Waals surface area contributed by atoms with Gasteiger partial charge in [0, 0.05) is 6.42 Å². The van der Waals surface area contributed by atoms with Crippen LogP contribution in [0.2, 0.25) is 0 Å². The van der Waals surface area contributed by atoms with Crippen LogP contribution in [0.1, 0.15) is 354 Å². The van der Waals surface area contributed by atoms with Crippen LogP contribution in [-0.4, -0.2) is 140 Å². The van der Waals surface area contributed by atoms with Gasteiger partial charge in [-0.1, -0.05) is 321 Å². The Bertz CT molecular complexity index is 1510. The van der Waals surface area contributed by atoms with Crippen molar-refractivity contribution in [2.45, 2.75) is 428 Å². The number of allylic oxidation sites excluding steroid dienone is 2. The Morgan fingerprint density at radius 1 is 0.402 bits per heavy atom. The average Bonchev–Trinajstić information content (AvgIpc) is 2.31. The predicted octanol–water partition coefficient (Wildman–Crippen LogP) is 15.7. The van der Waals surface area contributed by atoms with E-state index in [2.05, 4.69) is 31.3 Å². The fourth-order valence-electron chi connectivity index (χ4n) is 12.8. The number of amides is 1. The number of unbranched alkanes of at least 4 members (excludes halogenated alkanes) is 48.